The number of methoxy groups -OCH3 is 1. The lowest BCUT2D eigenvalue weighted by Gasteiger charge is -2.27. The van der Waals surface area contributed by atoms with Crippen molar-refractivity contribution in [3.05, 3.63) is 89.5 Å². The van der Waals surface area contributed by atoms with Crippen molar-refractivity contribution < 1.29 is 24.2 Å². The largest absolute Gasteiger partial charge is 0.497 e. The number of carbonyl (C=O) groups is 2. The molecule has 0 saturated carbocycles. The van der Waals surface area contributed by atoms with E-state index in [2.05, 4.69) is 4.98 Å². The molecule has 5 rings (SSSR count). The van der Waals surface area contributed by atoms with Gasteiger partial charge in [0.1, 0.15) is 11.9 Å². The number of fused-ring (bicyclic) bond motifs is 2. The minimum Gasteiger partial charge on any atom is -0.497 e. The van der Waals surface area contributed by atoms with Gasteiger partial charge < -0.3 is 14.6 Å². The van der Waals surface area contributed by atoms with Crippen molar-refractivity contribution in [1.82, 2.24) is 4.98 Å². The highest BCUT2D eigenvalue weighted by atomic mass is 16.5. The molecule has 1 atom stereocenters. The lowest BCUT2D eigenvalue weighted by atomic mass is 9.89. The van der Waals surface area contributed by atoms with Crippen molar-refractivity contribution in [3.63, 3.8) is 0 Å². The molecule has 1 N–H and O–H groups in total. The summed E-state index contributed by atoms with van der Waals surface area (Å²) in [5.41, 5.74) is 3.35. The number of hydrogen-bond donors (Lipinski definition) is 1. The first-order valence-electron chi connectivity index (χ1n) is 10.2. The molecule has 1 aliphatic rings. The number of carboxylic acid groups (broad SMARTS) is 1. The third kappa shape index (κ3) is 3.36. The Morgan fingerprint density at radius 1 is 1.03 bits per heavy atom. The van der Waals surface area contributed by atoms with Gasteiger partial charge in [0.25, 0.3) is 0 Å². The van der Waals surface area contributed by atoms with Gasteiger partial charge in [-0.25, -0.2) is 9.78 Å². The van der Waals surface area contributed by atoms with E-state index in [9.17, 15) is 14.7 Å². The average molecular weight is 425 g/mol. The molecule has 0 bridgehead atoms. The summed E-state index contributed by atoms with van der Waals surface area (Å²) < 4.78 is 11.4. The molecule has 32 heavy (non-hydrogen) atoms. The summed E-state index contributed by atoms with van der Waals surface area (Å²) in [7, 11) is 1.60. The van der Waals surface area contributed by atoms with E-state index in [0.717, 1.165) is 16.7 Å². The van der Waals surface area contributed by atoms with Gasteiger partial charge in [0, 0.05) is 10.9 Å². The first kappa shape index (κ1) is 19.8. The summed E-state index contributed by atoms with van der Waals surface area (Å²) in [4.78, 5) is 29.6. The van der Waals surface area contributed by atoms with E-state index in [1.54, 1.807) is 25.3 Å². The fourth-order valence-corrected chi connectivity index (χ4v) is 4.09. The number of hydrogen-bond acceptors (Lipinski definition) is 5. The Kier molecular flexibility index (Phi) is 4.82. The Bertz CT molecular complexity index is 1360. The molecule has 0 fully saturated rings. The molecule has 1 aliphatic heterocycles. The first-order chi connectivity index (χ1) is 15.5. The van der Waals surface area contributed by atoms with Gasteiger partial charge in [-0.05, 0) is 41.5 Å². The number of ketones is 1. The van der Waals surface area contributed by atoms with Crippen LogP contribution >= 0.6 is 0 Å². The SMILES string of the molecule is COc1ccc([C@H]2CC(=O)c3c(nc4ccccc4c3-c3cccc(C(=O)O)c3)O2)cc1. The van der Waals surface area contributed by atoms with Crippen LogP contribution in [0.25, 0.3) is 22.0 Å². The molecule has 2 heterocycles. The first-order valence-corrected chi connectivity index (χ1v) is 10.2. The second kappa shape index (κ2) is 7.81. The standard InChI is InChI=1S/C26H19NO5/c1-31-18-11-9-15(10-12-18)22-14-21(28)24-23(16-5-4-6-17(13-16)26(29)30)19-7-2-3-8-20(19)27-25(24)32-22/h2-13,22H,14H2,1H3,(H,29,30)/t22-/m1/s1. The number of aromatic carboxylic acids is 1. The monoisotopic (exact) mass is 425 g/mol. The van der Waals surface area contributed by atoms with E-state index >= 15 is 0 Å². The zero-order valence-corrected chi connectivity index (χ0v) is 17.2. The van der Waals surface area contributed by atoms with E-state index in [1.165, 1.54) is 6.07 Å². The van der Waals surface area contributed by atoms with Crippen molar-refractivity contribution in [1.29, 1.82) is 0 Å². The van der Waals surface area contributed by atoms with Gasteiger partial charge in [0.15, 0.2) is 5.78 Å². The maximum atomic E-state index is 13.4. The Balaban J connectivity index is 1.68. The molecule has 0 aliphatic carbocycles. The molecular formula is C26H19NO5. The van der Waals surface area contributed by atoms with Gasteiger partial charge >= 0.3 is 5.97 Å². The maximum absolute atomic E-state index is 13.4. The lowest BCUT2D eigenvalue weighted by molar-refractivity contribution is 0.0696. The van der Waals surface area contributed by atoms with Gasteiger partial charge in [-0.3, -0.25) is 4.79 Å². The molecule has 0 spiro atoms. The van der Waals surface area contributed by atoms with Gasteiger partial charge in [-0.1, -0.05) is 42.5 Å². The normalized spacial score (nSPS) is 15.2. The molecule has 0 radical (unpaired) electrons. The number of Topliss-reactive ketones (excluding diaryl/α,β-unsaturated/α-hetero) is 1. The van der Waals surface area contributed by atoms with Crippen LogP contribution < -0.4 is 9.47 Å². The average Bonchev–Trinajstić information content (AvgIpc) is 2.82. The molecule has 6 heteroatoms. The molecule has 6 nitrogen and oxygen atoms in total. The molecular weight excluding hydrogens is 406 g/mol. The van der Waals surface area contributed by atoms with Crippen LogP contribution in [0.1, 0.15) is 38.8 Å². The highest BCUT2D eigenvalue weighted by molar-refractivity contribution is 6.12. The summed E-state index contributed by atoms with van der Waals surface area (Å²) >= 11 is 0. The third-order valence-corrected chi connectivity index (χ3v) is 5.65. The van der Waals surface area contributed by atoms with Gasteiger partial charge in [0.2, 0.25) is 5.88 Å². The van der Waals surface area contributed by atoms with Gasteiger partial charge in [-0.15, -0.1) is 0 Å². The second-order valence-electron chi connectivity index (χ2n) is 7.58. The Hall–Kier alpha value is -4.19. The van der Waals surface area contributed by atoms with Crippen LogP contribution in [0, 0.1) is 0 Å². The van der Waals surface area contributed by atoms with E-state index in [-0.39, 0.29) is 23.6 Å². The van der Waals surface area contributed by atoms with E-state index in [0.29, 0.717) is 22.2 Å². The summed E-state index contributed by atoms with van der Waals surface area (Å²) in [6.45, 7) is 0. The van der Waals surface area contributed by atoms with Crippen molar-refractivity contribution >= 4 is 22.7 Å². The molecule has 4 aromatic rings. The van der Waals surface area contributed by atoms with Crippen LogP contribution in [0.2, 0.25) is 0 Å². The quantitative estimate of drug-likeness (QED) is 0.477. The van der Waals surface area contributed by atoms with Gasteiger partial charge in [-0.2, -0.15) is 0 Å². The van der Waals surface area contributed by atoms with Crippen LogP contribution in [-0.4, -0.2) is 29.0 Å². The molecule has 158 valence electrons. The zero-order chi connectivity index (χ0) is 22.2. The summed E-state index contributed by atoms with van der Waals surface area (Å²) in [6.07, 6.45) is -0.307. The highest BCUT2D eigenvalue weighted by Crippen LogP contribution is 2.42. The Labute approximate surface area is 184 Å². The number of carbonyl (C=O) groups excluding carboxylic acids is 1. The fourth-order valence-electron chi connectivity index (χ4n) is 4.09. The number of rotatable bonds is 4. The number of aromatic nitrogens is 1. The smallest absolute Gasteiger partial charge is 0.335 e. The third-order valence-electron chi connectivity index (χ3n) is 5.65. The number of ether oxygens (including phenoxy) is 2. The van der Waals surface area contributed by atoms with E-state index in [4.69, 9.17) is 9.47 Å². The van der Waals surface area contributed by atoms with Crippen molar-refractivity contribution in [2.24, 2.45) is 0 Å². The topological polar surface area (TPSA) is 85.7 Å². The predicted molar refractivity (Wildman–Crippen MR) is 119 cm³/mol. The lowest BCUT2D eigenvalue weighted by Crippen LogP contribution is -2.22. The Morgan fingerprint density at radius 2 is 1.81 bits per heavy atom. The van der Waals surface area contributed by atoms with E-state index < -0.39 is 12.1 Å². The number of para-hydroxylation sites is 1. The van der Waals surface area contributed by atoms with Crippen molar-refractivity contribution in [3.8, 4) is 22.8 Å². The second-order valence-corrected chi connectivity index (χ2v) is 7.58. The van der Waals surface area contributed by atoms with Crippen LogP contribution in [0.5, 0.6) is 11.6 Å². The highest BCUT2D eigenvalue weighted by Gasteiger charge is 2.33. The number of benzene rings is 3. The Morgan fingerprint density at radius 3 is 2.56 bits per heavy atom. The fraction of sp³-hybridized carbons (Fsp3) is 0.115. The minimum absolute atomic E-state index is 0.0963. The molecule has 0 saturated heterocycles. The molecule has 0 unspecified atom stereocenters. The predicted octanol–water partition coefficient (Wildman–Crippen LogP) is 5.32. The summed E-state index contributed by atoms with van der Waals surface area (Å²) in [5.74, 6) is -0.139. The van der Waals surface area contributed by atoms with Gasteiger partial charge in [0.05, 0.1) is 30.2 Å². The van der Waals surface area contributed by atoms with Crippen LogP contribution in [0.4, 0.5) is 0 Å². The van der Waals surface area contributed by atoms with Crippen molar-refractivity contribution in [2.75, 3.05) is 7.11 Å². The van der Waals surface area contributed by atoms with Crippen LogP contribution in [0.3, 0.4) is 0 Å². The van der Waals surface area contributed by atoms with Crippen LogP contribution in [0.15, 0.2) is 72.8 Å². The number of pyridine rings is 1. The molecule has 1 aromatic heterocycles. The summed E-state index contributed by atoms with van der Waals surface area (Å²) in [6, 6.07) is 21.5. The maximum Gasteiger partial charge on any atom is 0.335 e. The van der Waals surface area contributed by atoms with Crippen molar-refractivity contribution in [2.45, 2.75) is 12.5 Å². The number of carboxylic acids is 1. The molecule has 3 aromatic carbocycles. The molecule has 0 amide bonds. The number of nitrogens with zero attached hydrogens (tertiary/aromatic N) is 1. The zero-order valence-electron chi connectivity index (χ0n) is 17.2. The van der Waals surface area contributed by atoms with Crippen LogP contribution in [-0.2, 0) is 0 Å². The summed E-state index contributed by atoms with van der Waals surface area (Å²) in [5, 5.41) is 10.2. The minimum atomic E-state index is -1.03. The van der Waals surface area contributed by atoms with E-state index in [1.807, 2.05) is 48.5 Å².